The van der Waals surface area contributed by atoms with Gasteiger partial charge in [-0.15, -0.1) is 12.4 Å². The predicted octanol–water partition coefficient (Wildman–Crippen LogP) is 4.18. The predicted molar refractivity (Wildman–Crippen MR) is 107 cm³/mol. The lowest BCUT2D eigenvalue weighted by molar-refractivity contribution is 0.0456. The molecule has 1 saturated heterocycles. The first-order valence-electron chi connectivity index (χ1n) is 9.42. The molecule has 0 aromatic carbocycles. The summed E-state index contributed by atoms with van der Waals surface area (Å²) in [7, 11) is 0. The Morgan fingerprint density at radius 1 is 1.00 bits per heavy atom. The topological polar surface area (TPSA) is 49.2 Å². The maximum atomic E-state index is 11.5. The summed E-state index contributed by atoms with van der Waals surface area (Å²) in [5.74, 6) is 0. The zero-order valence-corrected chi connectivity index (χ0v) is 16.5. The lowest BCUT2D eigenvalue weighted by Gasteiger charge is -2.39. The van der Waals surface area contributed by atoms with E-state index in [1.165, 1.54) is 19.3 Å². The zero-order valence-electron chi connectivity index (χ0n) is 15.7. The summed E-state index contributed by atoms with van der Waals surface area (Å²) in [6.07, 6.45) is 8.88. The van der Waals surface area contributed by atoms with E-state index in [1.807, 2.05) is 36.4 Å². The molecule has 2 aromatic heterocycles. The van der Waals surface area contributed by atoms with Crippen molar-refractivity contribution in [3.05, 3.63) is 60.2 Å². The normalized spacial score (nSPS) is 21.2. The number of aromatic nitrogens is 2. The molecule has 3 rings (SSSR count). The number of piperidine rings is 1. The standard InChI is InChI=1S/C21H29N3O.ClH/c1-17-9-7-10-18(2)24(17)16-8-13-21(25,19-11-3-5-14-22-19)20-12-4-6-15-23-20;/h3-6,11-12,14-15,17-18,25H,7-10,13,16H2,1-2H3;1H. The number of likely N-dealkylation sites (tertiary alicyclic amines) is 1. The lowest BCUT2D eigenvalue weighted by atomic mass is 9.88. The second-order valence-corrected chi connectivity index (χ2v) is 7.26. The van der Waals surface area contributed by atoms with Crippen molar-refractivity contribution in [3.8, 4) is 0 Å². The van der Waals surface area contributed by atoms with Crippen molar-refractivity contribution in [3.63, 3.8) is 0 Å². The fourth-order valence-corrected chi connectivity index (χ4v) is 4.04. The van der Waals surface area contributed by atoms with E-state index in [1.54, 1.807) is 12.4 Å². The van der Waals surface area contributed by atoms with E-state index >= 15 is 0 Å². The first-order chi connectivity index (χ1) is 12.1. The Bertz CT molecular complexity index is 603. The summed E-state index contributed by atoms with van der Waals surface area (Å²) in [4.78, 5) is 11.4. The highest BCUT2D eigenvalue weighted by Crippen LogP contribution is 2.32. The maximum absolute atomic E-state index is 11.5. The van der Waals surface area contributed by atoms with Crippen LogP contribution in [0.5, 0.6) is 0 Å². The van der Waals surface area contributed by atoms with Crippen LogP contribution in [0.1, 0.15) is 57.3 Å². The quantitative estimate of drug-likeness (QED) is 0.822. The molecular weight excluding hydrogens is 346 g/mol. The molecule has 0 radical (unpaired) electrons. The molecule has 142 valence electrons. The molecule has 1 aliphatic heterocycles. The molecular formula is C21H30ClN3O. The number of nitrogens with zero attached hydrogens (tertiary/aromatic N) is 3. The first-order valence-corrected chi connectivity index (χ1v) is 9.42. The van der Waals surface area contributed by atoms with Crippen molar-refractivity contribution in [1.82, 2.24) is 14.9 Å². The Hall–Kier alpha value is -1.49. The van der Waals surface area contributed by atoms with Gasteiger partial charge >= 0.3 is 0 Å². The fraction of sp³-hybridized carbons (Fsp3) is 0.524. The van der Waals surface area contributed by atoms with E-state index in [9.17, 15) is 5.11 Å². The first kappa shape index (κ1) is 20.8. The van der Waals surface area contributed by atoms with Gasteiger partial charge < -0.3 is 5.11 Å². The van der Waals surface area contributed by atoms with E-state index in [4.69, 9.17) is 0 Å². The number of halogens is 1. The SMILES string of the molecule is CC1CCCC(C)N1CCCC(O)(c1ccccn1)c1ccccn1.Cl. The number of pyridine rings is 2. The van der Waals surface area contributed by atoms with E-state index in [2.05, 4.69) is 28.7 Å². The number of hydrogen-bond donors (Lipinski definition) is 1. The highest BCUT2D eigenvalue weighted by molar-refractivity contribution is 5.85. The molecule has 1 aliphatic rings. The molecule has 0 aliphatic carbocycles. The van der Waals surface area contributed by atoms with Crippen molar-refractivity contribution in [2.75, 3.05) is 6.54 Å². The van der Waals surface area contributed by atoms with Crippen LogP contribution >= 0.6 is 12.4 Å². The third kappa shape index (κ3) is 4.61. The number of aliphatic hydroxyl groups is 1. The zero-order chi connectivity index (χ0) is 17.7. The van der Waals surface area contributed by atoms with Crippen LogP contribution in [0, 0.1) is 0 Å². The largest absolute Gasteiger partial charge is 0.377 e. The molecule has 4 nitrogen and oxygen atoms in total. The Kier molecular flexibility index (Phi) is 7.56. The molecule has 0 spiro atoms. The van der Waals surface area contributed by atoms with Crippen molar-refractivity contribution in [2.45, 2.75) is 63.6 Å². The van der Waals surface area contributed by atoms with Gasteiger partial charge in [-0.1, -0.05) is 18.6 Å². The van der Waals surface area contributed by atoms with Crippen LogP contribution in [0.2, 0.25) is 0 Å². The van der Waals surface area contributed by atoms with Gasteiger partial charge in [-0.3, -0.25) is 14.9 Å². The van der Waals surface area contributed by atoms with Gasteiger partial charge in [0.2, 0.25) is 0 Å². The van der Waals surface area contributed by atoms with Gasteiger partial charge in [0.1, 0.15) is 5.60 Å². The van der Waals surface area contributed by atoms with Crippen LogP contribution in [-0.2, 0) is 5.60 Å². The van der Waals surface area contributed by atoms with Gasteiger partial charge in [-0.25, -0.2) is 0 Å². The minimum absolute atomic E-state index is 0. The van der Waals surface area contributed by atoms with Gasteiger partial charge in [-0.2, -0.15) is 0 Å². The summed E-state index contributed by atoms with van der Waals surface area (Å²) in [5.41, 5.74) is 0.215. The van der Waals surface area contributed by atoms with Gasteiger partial charge in [0, 0.05) is 24.5 Å². The van der Waals surface area contributed by atoms with Gasteiger partial charge in [-0.05, 0) is 70.3 Å². The van der Waals surface area contributed by atoms with Crippen LogP contribution in [0.15, 0.2) is 48.8 Å². The van der Waals surface area contributed by atoms with E-state index < -0.39 is 5.60 Å². The highest BCUT2D eigenvalue weighted by Gasteiger charge is 2.34. The smallest absolute Gasteiger partial charge is 0.148 e. The maximum Gasteiger partial charge on any atom is 0.148 e. The van der Waals surface area contributed by atoms with Gasteiger partial charge in [0.25, 0.3) is 0 Å². The molecule has 2 atom stereocenters. The molecule has 3 heterocycles. The molecule has 0 bridgehead atoms. The van der Waals surface area contributed by atoms with Crippen molar-refractivity contribution < 1.29 is 5.11 Å². The summed E-state index contributed by atoms with van der Waals surface area (Å²) in [5, 5.41) is 11.5. The van der Waals surface area contributed by atoms with E-state index in [0.29, 0.717) is 29.9 Å². The van der Waals surface area contributed by atoms with E-state index in [-0.39, 0.29) is 12.4 Å². The third-order valence-corrected chi connectivity index (χ3v) is 5.51. The summed E-state index contributed by atoms with van der Waals surface area (Å²) < 4.78 is 0. The minimum Gasteiger partial charge on any atom is -0.377 e. The average molecular weight is 376 g/mol. The molecule has 2 unspecified atom stereocenters. The Morgan fingerprint density at radius 2 is 1.54 bits per heavy atom. The van der Waals surface area contributed by atoms with Crippen LogP contribution in [-0.4, -0.2) is 38.6 Å². The molecule has 1 fully saturated rings. The Balaban J connectivity index is 0.00000243. The molecule has 1 N–H and O–H groups in total. The third-order valence-electron chi connectivity index (χ3n) is 5.51. The molecule has 0 amide bonds. The molecule has 5 heteroatoms. The number of rotatable bonds is 6. The monoisotopic (exact) mass is 375 g/mol. The van der Waals surface area contributed by atoms with Crippen molar-refractivity contribution in [2.24, 2.45) is 0 Å². The van der Waals surface area contributed by atoms with Crippen LogP contribution in [0.3, 0.4) is 0 Å². The van der Waals surface area contributed by atoms with Gasteiger partial charge in [0.15, 0.2) is 0 Å². The second-order valence-electron chi connectivity index (χ2n) is 7.26. The Morgan fingerprint density at radius 3 is 2.00 bits per heavy atom. The van der Waals surface area contributed by atoms with Crippen LogP contribution in [0.25, 0.3) is 0 Å². The van der Waals surface area contributed by atoms with Crippen LogP contribution in [0.4, 0.5) is 0 Å². The highest BCUT2D eigenvalue weighted by atomic mass is 35.5. The Labute approximate surface area is 163 Å². The lowest BCUT2D eigenvalue weighted by Crippen LogP contribution is -2.44. The summed E-state index contributed by atoms with van der Waals surface area (Å²) >= 11 is 0. The average Bonchev–Trinajstić information content (AvgIpc) is 2.65. The second kappa shape index (κ2) is 9.45. The van der Waals surface area contributed by atoms with Gasteiger partial charge in [0.05, 0.1) is 11.4 Å². The summed E-state index contributed by atoms with van der Waals surface area (Å²) in [6, 6.07) is 12.6. The minimum atomic E-state index is -1.13. The number of hydrogen-bond acceptors (Lipinski definition) is 4. The van der Waals surface area contributed by atoms with Crippen molar-refractivity contribution >= 4 is 12.4 Å². The molecule has 26 heavy (non-hydrogen) atoms. The molecule has 2 aromatic rings. The van der Waals surface area contributed by atoms with E-state index in [0.717, 1.165) is 13.0 Å². The molecule has 0 saturated carbocycles. The van der Waals surface area contributed by atoms with Crippen LogP contribution < -0.4 is 0 Å². The fourth-order valence-electron chi connectivity index (χ4n) is 4.04. The summed E-state index contributed by atoms with van der Waals surface area (Å²) in [6.45, 7) is 5.64. The van der Waals surface area contributed by atoms with Crippen molar-refractivity contribution in [1.29, 1.82) is 0 Å².